The number of hydrogen-bond acceptors (Lipinski definition) is 3. The predicted octanol–water partition coefficient (Wildman–Crippen LogP) is 6.35. The second-order valence-electron chi connectivity index (χ2n) is 10.7. The van der Waals surface area contributed by atoms with Gasteiger partial charge in [0.2, 0.25) is 0 Å². The molecule has 0 fully saturated rings. The van der Waals surface area contributed by atoms with Crippen LogP contribution in [-0.4, -0.2) is 14.0 Å². The lowest BCUT2D eigenvalue weighted by Gasteiger charge is -2.30. The number of benzene rings is 1. The van der Waals surface area contributed by atoms with Crippen molar-refractivity contribution in [1.29, 1.82) is 0 Å². The van der Waals surface area contributed by atoms with Crippen molar-refractivity contribution >= 4 is 19.4 Å². The zero-order valence-corrected chi connectivity index (χ0v) is 20.7. The van der Waals surface area contributed by atoms with E-state index in [0.29, 0.717) is 6.42 Å². The second kappa shape index (κ2) is 8.51. The molecule has 0 spiro atoms. The minimum absolute atomic E-state index is 0.118. The van der Waals surface area contributed by atoms with Crippen LogP contribution in [0.3, 0.4) is 0 Å². The van der Waals surface area contributed by atoms with E-state index in [0.717, 1.165) is 34.7 Å². The number of rotatable bonds is 6. The zero-order valence-electron chi connectivity index (χ0n) is 19.7. The first-order valence-electron chi connectivity index (χ1n) is 10.7. The average Bonchev–Trinajstić information content (AvgIpc) is 3.14. The topological polar surface area (TPSA) is 39.4 Å². The quantitative estimate of drug-likeness (QED) is 0.314. The Labute approximate surface area is 177 Å². The largest absolute Gasteiger partial charge is 0.475 e. The van der Waals surface area contributed by atoms with E-state index < -0.39 is 8.07 Å². The van der Waals surface area contributed by atoms with E-state index in [1.807, 2.05) is 13.0 Å². The molecule has 4 heteroatoms. The molecule has 1 heterocycles. The highest BCUT2D eigenvalue weighted by Crippen LogP contribution is 2.41. The van der Waals surface area contributed by atoms with E-state index in [4.69, 9.17) is 9.15 Å². The van der Waals surface area contributed by atoms with Crippen LogP contribution >= 0.6 is 0 Å². The van der Waals surface area contributed by atoms with Gasteiger partial charge in [-0.25, -0.2) is 0 Å². The van der Waals surface area contributed by atoms with Crippen LogP contribution in [0.4, 0.5) is 0 Å². The van der Waals surface area contributed by atoms with Gasteiger partial charge in [0, 0.05) is 17.5 Å². The van der Waals surface area contributed by atoms with Crippen molar-refractivity contribution in [3.8, 4) is 5.75 Å². The predicted molar refractivity (Wildman–Crippen MR) is 124 cm³/mol. The van der Waals surface area contributed by atoms with Gasteiger partial charge >= 0.3 is 5.97 Å². The van der Waals surface area contributed by atoms with Gasteiger partial charge in [-0.15, -0.1) is 0 Å². The van der Waals surface area contributed by atoms with Crippen LogP contribution in [0, 0.1) is 0 Å². The number of aryl methyl sites for hydroxylation is 1. The molecule has 0 radical (unpaired) electrons. The van der Waals surface area contributed by atoms with E-state index in [2.05, 4.69) is 72.8 Å². The summed E-state index contributed by atoms with van der Waals surface area (Å²) in [5.41, 5.74) is 3.29. The molecule has 0 bridgehead atoms. The van der Waals surface area contributed by atoms with Crippen LogP contribution < -0.4 is 10.1 Å². The third-order valence-corrected chi connectivity index (χ3v) is 8.61. The lowest BCUT2D eigenvalue weighted by Crippen LogP contribution is -2.40. The summed E-state index contributed by atoms with van der Waals surface area (Å²) in [5.74, 6) is 0.572. The zero-order chi connectivity index (χ0) is 22.0. The third-order valence-electron chi connectivity index (χ3n) is 5.50. The molecular weight excluding hydrogens is 376 g/mol. The van der Waals surface area contributed by atoms with Crippen LogP contribution in [-0.2, 0) is 22.0 Å². The summed E-state index contributed by atoms with van der Waals surface area (Å²) < 4.78 is 11.6. The Balaban J connectivity index is 2.50. The fraction of sp³-hybridized carbons (Fsp3) is 0.560. The van der Waals surface area contributed by atoms with Gasteiger partial charge in [0.1, 0.15) is 13.8 Å². The molecule has 0 aliphatic carbocycles. The molecule has 29 heavy (non-hydrogen) atoms. The summed E-state index contributed by atoms with van der Waals surface area (Å²) in [4.78, 5) is 12.2. The molecule has 3 nitrogen and oxygen atoms in total. The summed E-state index contributed by atoms with van der Waals surface area (Å²) in [7, 11) is -1.63. The van der Waals surface area contributed by atoms with Gasteiger partial charge in [-0.2, -0.15) is 0 Å². The summed E-state index contributed by atoms with van der Waals surface area (Å²) in [6.07, 6.45) is 3.14. The third kappa shape index (κ3) is 5.85. The van der Waals surface area contributed by atoms with Gasteiger partial charge in [-0.3, -0.25) is 4.79 Å². The fourth-order valence-corrected chi connectivity index (χ4v) is 5.58. The van der Waals surface area contributed by atoms with E-state index >= 15 is 0 Å². The average molecular weight is 415 g/mol. The molecule has 1 aromatic heterocycles. The first-order chi connectivity index (χ1) is 13.3. The maximum Gasteiger partial charge on any atom is 0.310 e. The molecule has 0 N–H and O–H groups in total. The Hall–Kier alpha value is -1.81. The molecule has 0 unspecified atom stereocenters. The minimum atomic E-state index is -1.63. The highest BCUT2D eigenvalue weighted by atomic mass is 28.3. The van der Waals surface area contributed by atoms with Gasteiger partial charge in [-0.05, 0) is 41.0 Å². The van der Waals surface area contributed by atoms with E-state index in [-0.39, 0.29) is 16.8 Å². The molecular formula is C25H38O3Si. The highest BCUT2D eigenvalue weighted by Gasteiger charge is 2.30. The smallest absolute Gasteiger partial charge is 0.310 e. The van der Waals surface area contributed by atoms with Gasteiger partial charge in [0.05, 0.1) is 11.6 Å². The second-order valence-corrected chi connectivity index (χ2v) is 15.5. The maximum atomic E-state index is 12.2. The Morgan fingerprint density at radius 2 is 1.59 bits per heavy atom. The molecule has 0 saturated carbocycles. The maximum absolute atomic E-state index is 12.2. The number of esters is 1. The Bertz CT molecular complexity index is 799. The molecule has 0 aliphatic heterocycles. The van der Waals surface area contributed by atoms with Crippen molar-refractivity contribution in [3.05, 3.63) is 47.2 Å². The van der Waals surface area contributed by atoms with Crippen molar-refractivity contribution < 1.29 is 13.9 Å². The van der Waals surface area contributed by atoms with Crippen LogP contribution in [0.5, 0.6) is 5.75 Å². The van der Waals surface area contributed by atoms with Crippen molar-refractivity contribution in [2.24, 2.45) is 0 Å². The number of carbonyl (C=O) groups is 1. The van der Waals surface area contributed by atoms with Crippen LogP contribution in [0.1, 0.15) is 71.6 Å². The first kappa shape index (κ1) is 23.5. The van der Waals surface area contributed by atoms with Gasteiger partial charge in [0.15, 0.2) is 0 Å². The Morgan fingerprint density at radius 3 is 2.00 bits per heavy atom. The van der Waals surface area contributed by atoms with Gasteiger partial charge < -0.3 is 9.15 Å². The lowest BCUT2D eigenvalue weighted by molar-refractivity contribution is -0.134. The lowest BCUT2D eigenvalue weighted by atomic mass is 9.78. The van der Waals surface area contributed by atoms with Crippen LogP contribution in [0.2, 0.25) is 19.1 Å². The van der Waals surface area contributed by atoms with E-state index in [1.165, 1.54) is 5.56 Å². The highest BCUT2D eigenvalue weighted by molar-refractivity contribution is 6.88. The van der Waals surface area contributed by atoms with Gasteiger partial charge in [-0.1, -0.05) is 73.7 Å². The van der Waals surface area contributed by atoms with Crippen LogP contribution in [0.25, 0.3) is 0 Å². The summed E-state index contributed by atoms with van der Waals surface area (Å²) in [6, 6.07) is 9.71. The Morgan fingerprint density at radius 1 is 1.03 bits per heavy atom. The number of ether oxygens (including phenoxy) is 1. The molecule has 0 saturated heterocycles. The SMILES string of the molecule is CCC(=O)Oc1c(C(C)(C)C)cc(CC[Si](C)(C)c2ccco2)cc1C(C)(C)C. The molecule has 0 atom stereocenters. The molecule has 0 aliphatic rings. The van der Waals surface area contributed by atoms with Gasteiger partial charge in [0.25, 0.3) is 0 Å². The molecule has 0 amide bonds. The summed E-state index contributed by atoms with van der Waals surface area (Å²) >= 11 is 0. The number of furan rings is 1. The molecule has 1 aromatic carbocycles. The summed E-state index contributed by atoms with van der Waals surface area (Å²) in [6.45, 7) is 19.7. The number of hydrogen-bond donors (Lipinski definition) is 0. The summed E-state index contributed by atoms with van der Waals surface area (Å²) in [5, 5.41) is 1.15. The monoisotopic (exact) mass is 414 g/mol. The normalized spacial score (nSPS) is 12.9. The van der Waals surface area contributed by atoms with Crippen molar-refractivity contribution in [2.45, 2.75) is 91.3 Å². The standard InChI is InChI=1S/C25H38O3Si/c1-10-21(26)28-23-19(24(2,3)4)16-18(17-20(23)25(5,6)7)13-15-29(8,9)22-12-11-14-27-22/h11-12,14,16-17H,10,13,15H2,1-9H3. The molecule has 160 valence electrons. The van der Waals surface area contributed by atoms with Crippen molar-refractivity contribution in [3.63, 3.8) is 0 Å². The minimum Gasteiger partial charge on any atom is -0.475 e. The van der Waals surface area contributed by atoms with Crippen LogP contribution in [0.15, 0.2) is 34.9 Å². The fourth-order valence-electron chi connectivity index (χ4n) is 3.49. The molecule has 2 aromatic rings. The number of carbonyl (C=O) groups excluding carboxylic acids is 1. The molecule has 2 rings (SSSR count). The van der Waals surface area contributed by atoms with Crippen molar-refractivity contribution in [1.82, 2.24) is 0 Å². The first-order valence-corrected chi connectivity index (χ1v) is 13.9. The van der Waals surface area contributed by atoms with E-state index in [9.17, 15) is 4.79 Å². The van der Waals surface area contributed by atoms with Crippen molar-refractivity contribution in [2.75, 3.05) is 0 Å². The van der Waals surface area contributed by atoms with E-state index in [1.54, 1.807) is 6.26 Å². The Kier molecular flexibility index (Phi) is 6.88.